The third kappa shape index (κ3) is 3.76. The lowest BCUT2D eigenvalue weighted by molar-refractivity contribution is -0.384. The molecule has 2 amide bonds. The number of non-ortho nitro benzene ring substituents is 1. The Hall–Kier alpha value is -3.68. The predicted molar refractivity (Wildman–Crippen MR) is 115 cm³/mol. The van der Waals surface area contributed by atoms with Gasteiger partial charge in [-0.1, -0.05) is 13.0 Å². The first-order chi connectivity index (χ1) is 14.9. The maximum Gasteiger partial charge on any atom is 0.282 e. The third-order valence-corrected chi connectivity index (χ3v) is 5.71. The Morgan fingerprint density at radius 1 is 1.10 bits per heavy atom. The lowest BCUT2D eigenvalue weighted by Gasteiger charge is -2.33. The molecule has 0 spiro atoms. The van der Waals surface area contributed by atoms with Crippen LogP contribution in [-0.4, -0.2) is 41.8 Å². The Bertz CT molecular complexity index is 1080. The van der Waals surface area contributed by atoms with E-state index in [2.05, 4.69) is 6.92 Å². The molecule has 0 aromatic heterocycles. The van der Waals surface area contributed by atoms with E-state index in [1.54, 1.807) is 24.3 Å². The number of nitro groups is 1. The van der Waals surface area contributed by atoms with Crippen LogP contribution in [0, 0.1) is 16.0 Å². The Morgan fingerprint density at radius 2 is 1.84 bits per heavy atom. The molecule has 1 atom stereocenters. The number of benzene rings is 2. The highest BCUT2D eigenvalue weighted by atomic mass is 16.6. The van der Waals surface area contributed by atoms with Gasteiger partial charge in [0.25, 0.3) is 17.5 Å². The third-order valence-electron chi connectivity index (χ3n) is 5.71. The van der Waals surface area contributed by atoms with Gasteiger partial charge in [0.05, 0.1) is 23.3 Å². The summed E-state index contributed by atoms with van der Waals surface area (Å²) in [4.78, 5) is 40.7. The number of anilines is 1. The summed E-state index contributed by atoms with van der Waals surface area (Å²) in [5.74, 6) is 0.101. The van der Waals surface area contributed by atoms with Crippen molar-refractivity contribution in [3.63, 3.8) is 0 Å². The molecule has 0 aliphatic carbocycles. The van der Waals surface area contributed by atoms with Crippen molar-refractivity contribution in [3.05, 3.63) is 69.9 Å². The maximum atomic E-state index is 13.5. The highest BCUT2D eigenvalue weighted by Gasteiger charge is 2.43. The minimum atomic E-state index is -0.491. The van der Waals surface area contributed by atoms with Gasteiger partial charge in [-0.15, -0.1) is 0 Å². The fourth-order valence-electron chi connectivity index (χ4n) is 4.20. The SMILES string of the molecule is COc1cccc(N2C(=O)C(c3ccc([N+](=O)[O-])cc3)=C(N3CCCC(C)C3)C2=O)c1. The first-order valence-corrected chi connectivity index (χ1v) is 10.2. The topological polar surface area (TPSA) is 93.0 Å². The van der Waals surface area contributed by atoms with Crippen molar-refractivity contribution in [1.82, 2.24) is 4.90 Å². The van der Waals surface area contributed by atoms with Gasteiger partial charge >= 0.3 is 0 Å². The smallest absolute Gasteiger partial charge is 0.282 e. The zero-order chi connectivity index (χ0) is 22.1. The average Bonchev–Trinajstić information content (AvgIpc) is 3.03. The number of amides is 2. The zero-order valence-corrected chi connectivity index (χ0v) is 17.4. The molecular weight excluding hydrogens is 398 g/mol. The van der Waals surface area contributed by atoms with Gasteiger partial charge < -0.3 is 9.64 Å². The lowest BCUT2D eigenvalue weighted by Crippen LogP contribution is -2.39. The van der Waals surface area contributed by atoms with E-state index in [1.165, 1.54) is 31.4 Å². The van der Waals surface area contributed by atoms with Crippen molar-refractivity contribution in [2.45, 2.75) is 19.8 Å². The first-order valence-electron chi connectivity index (χ1n) is 10.2. The van der Waals surface area contributed by atoms with Gasteiger partial charge in [-0.05, 0) is 48.6 Å². The van der Waals surface area contributed by atoms with Crippen LogP contribution in [-0.2, 0) is 9.59 Å². The number of ether oxygens (including phenoxy) is 1. The quantitative estimate of drug-likeness (QED) is 0.416. The van der Waals surface area contributed by atoms with E-state index >= 15 is 0 Å². The molecule has 0 radical (unpaired) electrons. The number of hydrogen-bond acceptors (Lipinski definition) is 6. The highest BCUT2D eigenvalue weighted by Crippen LogP contribution is 2.37. The molecule has 4 rings (SSSR count). The molecule has 2 heterocycles. The summed E-state index contributed by atoms with van der Waals surface area (Å²) in [6.07, 6.45) is 2.00. The molecule has 8 nitrogen and oxygen atoms in total. The van der Waals surface area contributed by atoms with Crippen molar-refractivity contribution >= 4 is 28.8 Å². The Morgan fingerprint density at radius 3 is 2.48 bits per heavy atom. The number of imide groups is 1. The predicted octanol–water partition coefficient (Wildman–Crippen LogP) is 3.62. The van der Waals surface area contributed by atoms with Crippen LogP contribution >= 0.6 is 0 Å². The van der Waals surface area contributed by atoms with Crippen LogP contribution in [0.2, 0.25) is 0 Å². The number of carbonyl (C=O) groups excluding carboxylic acids is 2. The van der Waals surface area contributed by atoms with Gasteiger partial charge in [0, 0.05) is 31.3 Å². The molecule has 1 saturated heterocycles. The molecule has 160 valence electrons. The van der Waals surface area contributed by atoms with E-state index in [0.29, 0.717) is 41.7 Å². The van der Waals surface area contributed by atoms with Gasteiger partial charge in [-0.25, -0.2) is 4.90 Å². The van der Waals surface area contributed by atoms with Gasteiger partial charge in [0.1, 0.15) is 11.4 Å². The number of likely N-dealkylation sites (tertiary alicyclic amines) is 1. The van der Waals surface area contributed by atoms with Gasteiger partial charge in [-0.2, -0.15) is 0 Å². The van der Waals surface area contributed by atoms with Crippen LogP contribution in [0.1, 0.15) is 25.3 Å². The zero-order valence-electron chi connectivity index (χ0n) is 17.4. The number of methoxy groups -OCH3 is 1. The summed E-state index contributed by atoms with van der Waals surface area (Å²) >= 11 is 0. The molecule has 8 heteroatoms. The molecule has 2 aliphatic heterocycles. The number of nitrogens with zero attached hydrogens (tertiary/aromatic N) is 3. The molecule has 1 fully saturated rings. The van der Waals surface area contributed by atoms with Crippen LogP contribution in [0.3, 0.4) is 0 Å². The summed E-state index contributed by atoms with van der Waals surface area (Å²) in [5.41, 5.74) is 1.47. The van der Waals surface area contributed by atoms with Crippen LogP contribution in [0.4, 0.5) is 11.4 Å². The molecule has 2 aromatic carbocycles. The molecule has 1 unspecified atom stereocenters. The van der Waals surface area contributed by atoms with Crippen LogP contribution in [0.15, 0.2) is 54.2 Å². The summed E-state index contributed by atoms with van der Waals surface area (Å²) in [6.45, 7) is 3.48. The standard InChI is InChI=1S/C23H23N3O5/c1-15-5-4-12-24(14-15)21-20(16-8-10-17(11-9-16)26(29)30)22(27)25(23(21)28)18-6-3-7-19(13-18)31-2/h3,6-11,13,15H,4-5,12,14H2,1-2H3. The minimum absolute atomic E-state index is 0.0704. The fourth-order valence-corrected chi connectivity index (χ4v) is 4.20. The number of piperidine rings is 1. The first kappa shape index (κ1) is 20.6. The summed E-state index contributed by atoms with van der Waals surface area (Å²) in [6, 6.07) is 12.6. The molecule has 0 saturated carbocycles. The van der Waals surface area contributed by atoms with E-state index < -0.39 is 10.8 Å². The van der Waals surface area contributed by atoms with E-state index in [1.807, 2.05) is 4.90 Å². The second-order valence-corrected chi connectivity index (χ2v) is 7.87. The number of rotatable bonds is 5. The van der Waals surface area contributed by atoms with Gasteiger partial charge in [0.2, 0.25) is 0 Å². The molecule has 2 aliphatic rings. The van der Waals surface area contributed by atoms with Gasteiger partial charge in [0.15, 0.2) is 0 Å². The van der Waals surface area contributed by atoms with Crippen LogP contribution in [0.5, 0.6) is 5.75 Å². The lowest BCUT2D eigenvalue weighted by atomic mass is 9.97. The number of nitro benzene ring substituents is 1. The van der Waals surface area contributed by atoms with E-state index in [0.717, 1.165) is 17.7 Å². The monoisotopic (exact) mass is 421 g/mol. The van der Waals surface area contributed by atoms with Crippen LogP contribution in [0.25, 0.3) is 5.57 Å². The van der Waals surface area contributed by atoms with Crippen molar-refractivity contribution in [2.24, 2.45) is 5.92 Å². The summed E-state index contributed by atoms with van der Waals surface area (Å²) < 4.78 is 5.25. The largest absolute Gasteiger partial charge is 0.497 e. The summed E-state index contributed by atoms with van der Waals surface area (Å²) in [5, 5.41) is 11.0. The van der Waals surface area contributed by atoms with Crippen LogP contribution < -0.4 is 9.64 Å². The second kappa shape index (κ2) is 8.22. The Labute approximate surface area is 179 Å². The summed E-state index contributed by atoms with van der Waals surface area (Å²) in [7, 11) is 1.52. The van der Waals surface area contributed by atoms with E-state index in [4.69, 9.17) is 4.74 Å². The molecule has 31 heavy (non-hydrogen) atoms. The Kier molecular flexibility index (Phi) is 5.46. The highest BCUT2D eigenvalue weighted by molar-refractivity contribution is 6.45. The van der Waals surface area contributed by atoms with E-state index in [-0.39, 0.29) is 17.2 Å². The van der Waals surface area contributed by atoms with Gasteiger partial charge in [-0.3, -0.25) is 19.7 Å². The number of hydrogen-bond donors (Lipinski definition) is 0. The molecular formula is C23H23N3O5. The maximum absolute atomic E-state index is 13.5. The van der Waals surface area contributed by atoms with Crippen molar-refractivity contribution in [2.75, 3.05) is 25.1 Å². The molecule has 0 N–H and O–H groups in total. The minimum Gasteiger partial charge on any atom is -0.497 e. The Balaban J connectivity index is 1.81. The molecule has 0 bridgehead atoms. The van der Waals surface area contributed by atoms with E-state index in [9.17, 15) is 19.7 Å². The van der Waals surface area contributed by atoms with Crippen molar-refractivity contribution < 1.29 is 19.2 Å². The normalized spacial score (nSPS) is 19.2. The van der Waals surface area contributed by atoms with Crippen molar-refractivity contribution in [3.8, 4) is 5.75 Å². The number of carbonyl (C=O) groups is 2. The fraction of sp³-hybridized carbons (Fsp3) is 0.304. The molecule has 2 aromatic rings. The van der Waals surface area contributed by atoms with Crippen molar-refractivity contribution in [1.29, 1.82) is 0 Å². The average molecular weight is 421 g/mol. The second-order valence-electron chi connectivity index (χ2n) is 7.87.